The van der Waals surface area contributed by atoms with Crippen LogP contribution in [0.4, 0.5) is 10.1 Å². The van der Waals surface area contributed by atoms with E-state index in [1.807, 2.05) is 0 Å². The van der Waals surface area contributed by atoms with E-state index in [9.17, 15) is 14.0 Å². The fraction of sp³-hybridized carbons (Fsp3) is 0.556. The van der Waals surface area contributed by atoms with Gasteiger partial charge in [0.25, 0.3) is 0 Å². The van der Waals surface area contributed by atoms with Gasteiger partial charge in [-0.05, 0) is 43.5 Å². The van der Waals surface area contributed by atoms with Crippen molar-refractivity contribution in [3.05, 3.63) is 29.6 Å². The number of anilines is 1. The van der Waals surface area contributed by atoms with Gasteiger partial charge < -0.3 is 10.6 Å². The van der Waals surface area contributed by atoms with E-state index in [1.165, 1.54) is 25.0 Å². The first-order chi connectivity index (χ1) is 11.6. The van der Waals surface area contributed by atoms with Gasteiger partial charge in [0.15, 0.2) is 0 Å². The Balaban J connectivity index is 1.52. The van der Waals surface area contributed by atoms with E-state index in [0.717, 1.165) is 25.9 Å². The first-order valence-electron chi connectivity index (χ1n) is 8.75. The van der Waals surface area contributed by atoms with Crippen LogP contribution in [0, 0.1) is 5.82 Å². The molecule has 0 radical (unpaired) electrons. The third-order valence-electron chi connectivity index (χ3n) is 5.55. The lowest BCUT2D eigenvalue weighted by Crippen LogP contribution is -2.48. The van der Waals surface area contributed by atoms with Gasteiger partial charge in [0.1, 0.15) is 5.82 Å². The third-order valence-corrected chi connectivity index (χ3v) is 5.55. The Kier molecular flexibility index (Phi) is 4.00. The number of carbonyl (C=O) groups is 2. The second-order valence-electron chi connectivity index (χ2n) is 7.04. The standard InChI is InChI=1S/C18H22FN3O2/c19-11-4-5-12-13(10-17(23)20-15(12)9-11)18(24)21-14-6-8-22-7-2-1-3-16(14)22/h4-5,9,13-14,16H,1-3,6-8,10H2,(H,20,23)(H,21,24). The zero-order valence-corrected chi connectivity index (χ0v) is 13.6. The summed E-state index contributed by atoms with van der Waals surface area (Å²) >= 11 is 0. The molecule has 3 unspecified atom stereocenters. The maximum atomic E-state index is 13.4. The van der Waals surface area contributed by atoms with Crippen molar-refractivity contribution >= 4 is 17.5 Å². The molecule has 5 nitrogen and oxygen atoms in total. The average Bonchev–Trinajstić information content (AvgIpc) is 2.97. The van der Waals surface area contributed by atoms with Crippen molar-refractivity contribution < 1.29 is 14.0 Å². The molecule has 3 aliphatic heterocycles. The van der Waals surface area contributed by atoms with E-state index in [4.69, 9.17) is 0 Å². The van der Waals surface area contributed by atoms with Crippen LogP contribution < -0.4 is 10.6 Å². The first-order valence-corrected chi connectivity index (χ1v) is 8.75. The highest BCUT2D eigenvalue weighted by Gasteiger charge is 2.38. The Morgan fingerprint density at radius 1 is 1.25 bits per heavy atom. The minimum Gasteiger partial charge on any atom is -0.351 e. The molecule has 128 valence electrons. The summed E-state index contributed by atoms with van der Waals surface area (Å²) in [7, 11) is 0. The summed E-state index contributed by atoms with van der Waals surface area (Å²) in [6, 6.07) is 4.82. The molecular formula is C18H22FN3O2. The van der Waals surface area contributed by atoms with Gasteiger partial charge in [-0.3, -0.25) is 14.5 Å². The lowest BCUT2D eigenvalue weighted by Gasteiger charge is -2.33. The van der Waals surface area contributed by atoms with E-state index < -0.39 is 11.7 Å². The van der Waals surface area contributed by atoms with Crippen molar-refractivity contribution in [3.8, 4) is 0 Å². The quantitative estimate of drug-likeness (QED) is 0.871. The van der Waals surface area contributed by atoms with Gasteiger partial charge in [-0.2, -0.15) is 0 Å². The summed E-state index contributed by atoms with van der Waals surface area (Å²) in [4.78, 5) is 27.2. The highest BCUT2D eigenvalue weighted by atomic mass is 19.1. The Morgan fingerprint density at radius 2 is 2.12 bits per heavy atom. The normalized spacial score (nSPS) is 29.5. The van der Waals surface area contributed by atoms with Crippen LogP contribution in [0.1, 0.15) is 43.6 Å². The Morgan fingerprint density at radius 3 is 3.00 bits per heavy atom. The van der Waals surface area contributed by atoms with Crippen molar-refractivity contribution in [3.63, 3.8) is 0 Å². The maximum Gasteiger partial charge on any atom is 0.228 e. The Hall–Kier alpha value is -1.95. The van der Waals surface area contributed by atoms with Crippen LogP contribution in [0.15, 0.2) is 18.2 Å². The van der Waals surface area contributed by atoms with Gasteiger partial charge in [0.2, 0.25) is 11.8 Å². The molecule has 1 aromatic carbocycles. The van der Waals surface area contributed by atoms with Gasteiger partial charge in [-0.15, -0.1) is 0 Å². The summed E-state index contributed by atoms with van der Waals surface area (Å²) in [6.07, 6.45) is 4.65. The minimum absolute atomic E-state index is 0.116. The van der Waals surface area contributed by atoms with Crippen molar-refractivity contribution in [1.82, 2.24) is 10.2 Å². The lowest BCUT2D eigenvalue weighted by molar-refractivity contribution is -0.127. The van der Waals surface area contributed by atoms with Crippen molar-refractivity contribution in [2.75, 3.05) is 18.4 Å². The molecule has 0 aromatic heterocycles. The number of amides is 2. The van der Waals surface area contributed by atoms with Crippen LogP contribution in [0.25, 0.3) is 0 Å². The third kappa shape index (κ3) is 2.79. The zero-order valence-electron chi connectivity index (χ0n) is 13.6. The largest absolute Gasteiger partial charge is 0.351 e. The van der Waals surface area contributed by atoms with E-state index >= 15 is 0 Å². The SMILES string of the molecule is O=C1CC(C(=O)NC2CCN3CCCCC23)c2ccc(F)cc2N1. The molecule has 0 saturated carbocycles. The van der Waals surface area contributed by atoms with Gasteiger partial charge in [0, 0.05) is 30.7 Å². The zero-order chi connectivity index (χ0) is 16.7. The molecule has 24 heavy (non-hydrogen) atoms. The molecule has 2 saturated heterocycles. The molecule has 1 aromatic rings. The Labute approximate surface area is 140 Å². The van der Waals surface area contributed by atoms with Crippen LogP contribution in [0.5, 0.6) is 0 Å². The number of nitrogens with zero attached hydrogens (tertiary/aromatic N) is 1. The predicted molar refractivity (Wildman–Crippen MR) is 88.1 cm³/mol. The second-order valence-corrected chi connectivity index (χ2v) is 7.04. The molecule has 2 amide bonds. The second kappa shape index (κ2) is 6.16. The first kappa shape index (κ1) is 15.6. The minimum atomic E-state index is -0.535. The van der Waals surface area contributed by atoms with Gasteiger partial charge in [0.05, 0.1) is 5.92 Å². The smallest absolute Gasteiger partial charge is 0.228 e. The monoisotopic (exact) mass is 331 g/mol. The molecule has 0 aliphatic carbocycles. The molecule has 0 bridgehead atoms. The van der Waals surface area contributed by atoms with Gasteiger partial charge >= 0.3 is 0 Å². The number of carbonyl (C=O) groups excluding carboxylic acids is 2. The molecule has 2 fully saturated rings. The van der Waals surface area contributed by atoms with E-state index in [-0.39, 0.29) is 24.3 Å². The fourth-order valence-corrected chi connectivity index (χ4v) is 4.37. The molecule has 3 heterocycles. The molecule has 2 N–H and O–H groups in total. The molecule has 6 heteroatoms. The van der Waals surface area contributed by atoms with Crippen LogP contribution in [0.3, 0.4) is 0 Å². The van der Waals surface area contributed by atoms with Crippen LogP contribution in [-0.4, -0.2) is 41.9 Å². The molecular weight excluding hydrogens is 309 g/mol. The summed E-state index contributed by atoms with van der Waals surface area (Å²) in [5.41, 5.74) is 1.11. The number of benzene rings is 1. The number of hydrogen-bond acceptors (Lipinski definition) is 3. The number of hydrogen-bond donors (Lipinski definition) is 2. The average molecular weight is 331 g/mol. The van der Waals surface area contributed by atoms with Crippen molar-refractivity contribution in [2.24, 2.45) is 0 Å². The van der Waals surface area contributed by atoms with E-state index in [0.29, 0.717) is 17.3 Å². The van der Waals surface area contributed by atoms with Gasteiger partial charge in [-0.25, -0.2) is 4.39 Å². The highest BCUT2D eigenvalue weighted by Crippen LogP contribution is 2.34. The topological polar surface area (TPSA) is 61.4 Å². The van der Waals surface area contributed by atoms with Crippen LogP contribution in [-0.2, 0) is 9.59 Å². The Bertz CT molecular complexity index is 678. The van der Waals surface area contributed by atoms with E-state index in [1.54, 1.807) is 6.07 Å². The van der Waals surface area contributed by atoms with Gasteiger partial charge in [-0.1, -0.05) is 12.5 Å². The number of rotatable bonds is 2. The van der Waals surface area contributed by atoms with Crippen molar-refractivity contribution in [2.45, 2.75) is 50.1 Å². The number of piperidine rings is 1. The summed E-state index contributed by atoms with van der Waals surface area (Å²) in [5, 5.41) is 5.83. The number of nitrogens with one attached hydrogen (secondary N) is 2. The van der Waals surface area contributed by atoms with Crippen molar-refractivity contribution in [1.29, 1.82) is 0 Å². The summed E-state index contributed by atoms with van der Waals surface area (Å²) in [6.45, 7) is 2.15. The van der Waals surface area contributed by atoms with Crippen LogP contribution in [0.2, 0.25) is 0 Å². The van der Waals surface area contributed by atoms with E-state index in [2.05, 4.69) is 15.5 Å². The summed E-state index contributed by atoms with van der Waals surface area (Å²) < 4.78 is 13.4. The maximum absolute atomic E-state index is 13.4. The number of fused-ring (bicyclic) bond motifs is 2. The molecule has 3 aliphatic rings. The number of halogens is 1. The predicted octanol–water partition coefficient (Wildman–Crippen LogP) is 1.99. The summed E-state index contributed by atoms with van der Waals surface area (Å²) in [5.74, 6) is -1.30. The highest BCUT2D eigenvalue weighted by molar-refractivity contribution is 6.01. The molecule has 4 rings (SSSR count). The molecule has 3 atom stereocenters. The van der Waals surface area contributed by atoms with Crippen LogP contribution >= 0.6 is 0 Å². The fourth-order valence-electron chi connectivity index (χ4n) is 4.37. The lowest BCUT2D eigenvalue weighted by atomic mass is 9.89. The molecule has 0 spiro atoms.